The van der Waals surface area contributed by atoms with E-state index in [1.54, 1.807) is 6.92 Å². The highest BCUT2D eigenvalue weighted by Crippen LogP contribution is 2.42. The summed E-state index contributed by atoms with van der Waals surface area (Å²) in [5.74, 6) is -4.49. The summed E-state index contributed by atoms with van der Waals surface area (Å²) in [5.41, 5.74) is -0.854. The van der Waals surface area contributed by atoms with E-state index in [2.05, 4.69) is 11.9 Å². The fourth-order valence-corrected chi connectivity index (χ4v) is 6.78. The van der Waals surface area contributed by atoms with Crippen LogP contribution in [0.4, 0.5) is 23.2 Å². The zero-order valence-corrected chi connectivity index (χ0v) is 27.2. The van der Waals surface area contributed by atoms with Crippen LogP contribution in [0.5, 0.6) is 11.5 Å². The van der Waals surface area contributed by atoms with Gasteiger partial charge in [-0.25, -0.2) is 14.2 Å². The summed E-state index contributed by atoms with van der Waals surface area (Å²) in [6, 6.07) is 4.28. The number of aromatic carboxylic acids is 1. The highest BCUT2D eigenvalue weighted by atomic mass is 32.1. The normalized spacial score (nSPS) is 16.9. The third-order valence-corrected chi connectivity index (χ3v) is 9.23. The van der Waals surface area contributed by atoms with Crippen LogP contribution >= 0.6 is 11.3 Å². The van der Waals surface area contributed by atoms with E-state index in [1.165, 1.54) is 36.5 Å². The maximum absolute atomic E-state index is 15.8. The molecule has 0 saturated heterocycles. The number of halogens is 4. The van der Waals surface area contributed by atoms with Crippen LogP contribution in [0.25, 0.3) is 0 Å². The zero-order valence-electron chi connectivity index (χ0n) is 26.4. The van der Waals surface area contributed by atoms with Crippen molar-refractivity contribution in [3.05, 3.63) is 68.4 Å². The molecule has 0 spiro atoms. The summed E-state index contributed by atoms with van der Waals surface area (Å²) >= 11 is 1.39. The largest absolute Gasteiger partial charge is 0.478 e. The fourth-order valence-electron chi connectivity index (χ4n) is 5.81. The van der Waals surface area contributed by atoms with Crippen molar-refractivity contribution in [3.63, 3.8) is 0 Å². The molecule has 0 unspecified atom stereocenters. The van der Waals surface area contributed by atoms with Crippen LogP contribution in [-0.2, 0) is 26.9 Å². The molecule has 1 aliphatic rings. The molecule has 1 amide bonds. The molecule has 1 aliphatic carbocycles. The number of aromatic nitrogens is 1. The van der Waals surface area contributed by atoms with Gasteiger partial charge in [-0.2, -0.15) is 13.2 Å². The highest BCUT2D eigenvalue weighted by Gasteiger charge is 2.37. The van der Waals surface area contributed by atoms with Crippen molar-refractivity contribution in [2.24, 2.45) is 11.8 Å². The number of carboxylic acids is 1. The average molecular weight is 667 g/mol. The molecule has 1 N–H and O–H groups in total. The molecule has 2 aromatic carbocycles. The molecule has 3 aromatic rings. The van der Waals surface area contributed by atoms with Crippen LogP contribution in [0.1, 0.15) is 69.7 Å². The zero-order chi connectivity index (χ0) is 33.8. The molecule has 4 rings (SSSR count). The smallest absolute Gasteiger partial charge is 0.419 e. The number of alkyl halides is 3. The Morgan fingerprint density at radius 2 is 1.70 bits per heavy atom. The fraction of sp³-hybridized carbons (Fsp3) is 0.485. The minimum Gasteiger partial charge on any atom is -0.478 e. The van der Waals surface area contributed by atoms with Gasteiger partial charge in [0, 0.05) is 43.6 Å². The number of methoxy groups -OCH3 is 2. The number of thiazole rings is 1. The van der Waals surface area contributed by atoms with Crippen molar-refractivity contribution >= 4 is 28.9 Å². The third kappa shape index (κ3) is 8.23. The molecule has 0 bridgehead atoms. The lowest BCUT2D eigenvalue weighted by Crippen LogP contribution is -2.49. The van der Waals surface area contributed by atoms with Crippen LogP contribution in [0.15, 0.2) is 30.3 Å². The molecule has 46 heavy (non-hydrogen) atoms. The predicted octanol–water partition coefficient (Wildman–Crippen LogP) is 7.82. The molecule has 0 radical (unpaired) electrons. The average Bonchev–Trinajstić information content (AvgIpc) is 3.30. The first kappa shape index (κ1) is 35.3. The quantitative estimate of drug-likeness (QED) is 0.197. The lowest BCUT2D eigenvalue weighted by molar-refractivity contribution is -0.138. The monoisotopic (exact) mass is 666 g/mol. The van der Waals surface area contributed by atoms with Crippen LogP contribution in [0.3, 0.4) is 0 Å². The second-order valence-electron chi connectivity index (χ2n) is 11.7. The molecule has 13 heteroatoms. The number of ether oxygens (including phenoxy) is 3. The van der Waals surface area contributed by atoms with E-state index >= 15 is 4.39 Å². The number of aryl methyl sites for hydroxylation is 2. The van der Waals surface area contributed by atoms with Crippen molar-refractivity contribution in [3.8, 4) is 11.5 Å². The summed E-state index contributed by atoms with van der Waals surface area (Å²) in [6.45, 7) is 5.61. The molecular formula is C33H38F4N2O6S. The van der Waals surface area contributed by atoms with Crippen LogP contribution < -0.4 is 9.64 Å². The predicted molar refractivity (Wildman–Crippen MR) is 165 cm³/mol. The van der Waals surface area contributed by atoms with Crippen LogP contribution in [0, 0.1) is 31.5 Å². The Morgan fingerprint density at radius 3 is 2.24 bits per heavy atom. The van der Waals surface area contributed by atoms with E-state index in [0.29, 0.717) is 24.3 Å². The molecule has 0 atom stereocenters. The minimum absolute atomic E-state index is 0.0381. The number of carbonyl (C=O) groups is 2. The maximum Gasteiger partial charge on any atom is 0.419 e. The van der Waals surface area contributed by atoms with Gasteiger partial charge in [0.25, 0.3) is 0 Å². The van der Waals surface area contributed by atoms with Gasteiger partial charge in [0.2, 0.25) is 5.91 Å². The van der Waals surface area contributed by atoms with Gasteiger partial charge in [-0.15, -0.1) is 11.3 Å². The first-order valence-electron chi connectivity index (χ1n) is 14.9. The second kappa shape index (κ2) is 14.9. The molecule has 250 valence electrons. The first-order chi connectivity index (χ1) is 21.7. The van der Waals surface area contributed by atoms with E-state index in [4.69, 9.17) is 14.2 Å². The number of amides is 1. The Labute approximate surface area is 269 Å². The van der Waals surface area contributed by atoms with Gasteiger partial charge in [0.1, 0.15) is 5.75 Å². The summed E-state index contributed by atoms with van der Waals surface area (Å²) in [5, 5.41) is 11.0. The van der Waals surface area contributed by atoms with Crippen molar-refractivity contribution in [2.75, 3.05) is 32.3 Å². The molecule has 1 saturated carbocycles. The van der Waals surface area contributed by atoms with Crippen molar-refractivity contribution in [1.29, 1.82) is 0 Å². The lowest BCUT2D eigenvalue weighted by atomic mass is 9.82. The van der Waals surface area contributed by atoms with E-state index in [-0.39, 0.29) is 25.3 Å². The Balaban J connectivity index is 1.75. The molecule has 1 aromatic heterocycles. The van der Waals surface area contributed by atoms with Gasteiger partial charge in [0.15, 0.2) is 11.6 Å². The van der Waals surface area contributed by atoms with E-state index < -0.39 is 58.5 Å². The second-order valence-corrected chi connectivity index (χ2v) is 13.0. The number of nitrogens with zero attached hydrogens (tertiary/aromatic N) is 2. The highest BCUT2D eigenvalue weighted by molar-refractivity contribution is 7.11. The lowest BCUT2D eigenvalue weighted by Gasteiger charge is -2.36. The number of carboxylic acid groups (broad SMARTS) is 1. The Bertz CT molecular complexity index is 1550. The molecule has 8 nitrogen and oxygen atoms in total. The molecule has 0 aliphatic heterocycles. The van der Waals surface area contributed by atoms with Gasteiger partial charge in [0.05, 0.1) is 46.8 Å². The van der Waals surface area contributed by atoms with Crippen LogP contribution in [0.2, 0.25) is 0 Å². The Kier molecular flexibility index (Phi) is 11.4. The third-order valence-electron chi connectivity index (χ3n) is 8.16. The topological polar surface area (TPSA) is 98.2 Å². The van der Waals surface area contributed by atoms with E-state index in [1.807, 2.05) is 6.92 Å². The van der Waals surface area contributed by atoms with Crippen molar-refractivity contribution in [2.45, 2.75) is 65.1 Å². The Morgan fingerprint density at radius 1 is 1.04 bits per heavy atom. The molecule has 1 fully saturated rings. The summed E-state index contributed by atoms with van der Waals surface area (Å²) in [6.07, 6.45) is -1.88. The summed E-state index contributed by atoms with van der Waals surface area (Å²) in [7, 11) is 2.82. The van der Waals surface area contributed by atoms with Gasteiger partial charge in [-0.1, -0.05) is 13.0 Å². The van der Waals surface area contributed by atoms with Crippen LogP contribution in [-0.4, -0.2) is 55.4 Å². The summed E-state index contributed by atoms with van der Waals surface area (Å²) < 4.78 is 74.4. The maximum atomic E-state index is 15.8. The standard InChI is InChI=1S/C33H38F4N2O6S/c1-18-6-9-22(10-7-18)31(40)39(23(16-43-4)17-44-5)27-15-26(34)29(14-24(27)32(41)42)45-28-11-8-21(12-25(28)33(35,36)37)13-30-19(2)38-20(3)46-30/h8,11-12,14-15,18,22-23H,6-7,9-10,13,16-17H2,1-5H3,(H,41,42). The number of anilines is 1. The number of benzene rings is 2. The first-order valence-corrected chi connectivity index (χ1v) is 15.7. The van der Waals surface area contributed by atoms with Gasteiger partial charge in [-0.3, -0.25) is 4.79 Å². The van der Waals surface area contributed by atoms with Crippen molar-refractivity contribution in [1.82, 2.24) is 4.98 Å². The van der Waals surface area contributed by atoms with E-state index in [9.17, 15) is 27.9 Å². The number of carbonyl (C=O) groups excluding carboxylic acids is 1. The van der Waals surface area contributed by atoms with Gasteiger partial charge >= 0.3 is 12.1 Å². The number of hydrogen-bond donors (Lipinski definition) is 1. The van der Waals surface area contributed by atoms with E-state index in [0.717, 1.165) is 52.7 Å². The molecule has 1 heterocycles. The van der Waals surface area contributed by atoms with Gasteiger partial charge < -0.3 is 24.2 Å². The Hall–Kier alpha value is -3.55. The number of rotatable bonds is 12. The number of hydrogen-bond acceptors (Lipinski definition) is 7. The summed E-state index contributed by atoms with van der Waals surface area (Å²) in [4.78, 5) is 32.8. The minimum atomic E-state index is -4.86. The SMILES string of the molecule is COCC(COC)N(C(=O)C1CCC(C)CC1)c1cc(F)c(Oc2ccc(Cc3sc(C)nc3C)cc2C(F)(F)F)cc1C(=O)O. The molecular weight excluding hydrogens is 628 g/mol. The van der Waals surface area contributed by atoms with Gasteiger partial charge in [-0.05, 0) is 63.1 Å². The van der Waals surface area contributed by atoms with Crippen molar-refractivity contribution < 1.29 is 46.5 Å².